The van der Waals surface area contributed by atoms with Crippen LogP contribution in [-0.2, 0) is 0 Å². The number of ether oxygens (including phenoxy) is 1. The summed E-state index contributed by atoms with van der Waals surface area (Å²) < 4.78 is 5.86. The fourth-order valence-corrected chi connectivity index (χ4v) is 2.96. The molecule has 0 bridgehead atoms. The van der Waals surface area contributed by atoms with Gasteiger partial charge in [-0.2, -0.15) is 0 Å². The van der Waals surface area contributed by atoms with Crippen molar-refractivity contribution in [2.45, 2.75) is 12.8 Å². The van der Waals surface area contributed by atoms with Crippen molar-refractivity contribution in [3.63, 3.8) is 0 Å². The van der Waals surface area contributed by atoms with E-state index in [4.69, 9.17) is 34.4 Å². The number of aromatic nitrogens is 1. The Bertz CT molecular complexity index is 749. The lowest BCUT2D eigenvalue weighted by Gasteiger charge is -2.28. The van der Waals surface area contributed by atoms with Gasteiger partial charge in [0.25, 0.3) is 0 Å². The van der Waals surface area contributed by atoms with Crippen molar-refractivity contribution >= 4 is 29.0 Å². The lowest BCUT2D eigenvalue weighted by molar-refractivity contribution is 0.482. The smallest absolute Gasteiger partial charge is 0.151 e. The van der Waals surface area contributed by atoms with Gasteiger partial charge in [0.2, 0.25) is 0 Å². The molecular formula is C18H15Cl2N2O. The average Bonchev–Trinajstić information content (AvgIpc) is 2.59. The number of anilines is 1. The van der Waals surface area contributed by atoms with Crippen LogP contribution >= 0.6 is 23.2 Å². The van der Waals surface area contributed by atoms with Crippen LogP contribution in [0.3, 0.4) is 0 Å². The lowest BCUT2D eigenvalue weighted by Crippen LogP contribution is -2.30. The molecule has 2 aromatic rings. The second-order valence-corrected chi connectivity index (χ2v) is 5.98. The molecule has 3 nitrogen and oxygen atoms in total. The minimum Gasteiger partial charge on any atom is -0.454 e. The minimum absolute atomic E-state index is 0.447. The van der Waals surface area contributed by atoms with E-state index in [1.807, 2.05) is 0 Å². The van der Waals surface area contributed by atoms with E-state index in [1.165, 1.54) is 0 Å². The number of hydrogen-bond acceptors (Lipinski definition) is 3. The first-order valence-electron chi connectivity index (χ1n) is 7.34. The minimum atomic E-state index is 0.447. The summed E-state index contributed by atoms with van der Waals surface area (Å²) in [5.41, 5.74) is 0.702. The second-order valence-electron chi connectivity index (χ2n) is 5.19. The fraction of sp³-hybridized carbons (Fsp3) is 0.222. The van der Waals surface area contributed by atoms with Gasteiger partial charge in [0.1, 0.15) is 10.8 Å². The van der Waals surface area contributed by atoms with Gasteiger partial charge in [-0.1, -0.05) is 29.1 Å². The van der Waals surface area contributed by atoms with Crippen LogP contribution in [0.1, 0.15) is 18.4 Å². The van der Waals surface area contributed by atoms with Crippen LogP contribution < -0.4 is 9.64 Å². The highest BCUT2D eigenvalue weighted by atomic mass is 35.5. The van der Waals surface area contributed by atoms with Crippen molar-refractivity contribution < 1.29 is 4.74 Å². The first kappa shape index (κ1) is 16.0. The first-order valence-corrected chi connectivity index (χ1v) is 8.10. The molecule has 3 rings (SSSR count). The van der Waals surface area contributed by atoms with E-state index < -0.39 is 0 Å². The van der Waals surface area contributed by atoms with Crippen molar-refractivity contribution in [2.75, 3.05) is 18.0 Å². The normalized spacial score (nSPS) is 14.4. The van der Waals surface area contributed by atoms with E-state index in [9.17, 15) is 0 Å². The van der Waals surface area contributed by atoms with Crippen LogP contribution in [-0.4, -0.2) is 18.1 Å². The summed E-state index contributed by atoms with van der Waals surface area (Å²) >= 11 is 12.7. The molecule has 1 aromatic carbocycles. The number of benzene rings is 1. The molecule has 1 saturated heterocycles. The molecule has 1 aliphatic rings. The van der Waals surface area contributed by atoms with Crippen molar-refractivity contribution in [3.8, 4) is 23.8 Å². The molecule has 0 unspecified atom stereocenters. The number of halogens is 2. The Morgan fingerprint density at radius 1 is 1.13 bits per heavy atom. The largest absolute Gasteiger partial charge is 0.454 e. The number of hydrogen-bond donors (Lipinski definition) is 0. The molecule has 1 aliphatic heterocycles. The predicted octanol–water partition coefficient (Wildman–Crippen LogP) is 4.97. The second kappa shape index (κ2) is 7.12. The Balaban J connectivity index is 1.87. The monoisotopic (exact) mass is 345 g/mol. The predicted molar refractivity (Wildman–Crippen MR) is 94.5 cm³/mol. The van der Waals surface area contributed by atoms with Gasteiger partial charge in [0.05, 0.1) is 5.02 Å². The van der Waals surface area contributed by atoms with Crippen molar-refractivity contribution in [2.24, 2.45) is 0 Å². The fourth-order valence-electron chi connectivity index (χ4n) is 2.47. The van der Waals surface area contributed by atoms with Gasteiger partial charge in [-0.3, -0.25) is 0 Å². The number of rotatable bonds is 3. The summed E-state index contributed by atoms with van der Waals surface area (Å²) in [5.74, 6) is 4.32. The SMILES string of the molecule is C#Cc1ccc(Oc2ccnc(N3CC[CH]CC3)c2Cl)c(Cl)c1. The Morgan fingerprint density at radius 2 is 1.91 bits per heavy atom. The molecule has 1 radical (unpaired) electrons. The van der Waals surface area contributed by atoms with E-state index >= 15 is 0 Å². The van der Waals surface area contributed by atoms with Crippen LogP contribution in [0.5, 0.6) is 11.5 Å². The topological polar surface area (TPSA) is 25.4 Å². The van der Waals surface area contributed by atoms with Crippen LogP contribution in [0, 0.1) is 18.8 Å². The van der Waals surface area contributed by atoms with Gasteiger partial charge < -0.3 is 9.64 Å². The zero-order valence-electron chi connectivity index (χ0n) is 12.4. The molecule has 5 heteroatoms. The maximum absolute atomic E-state index is 6.49. The molecule has 117 valence electrons. The summed E-state index contributed by atoms with van der Waals surface area (Å²) in [6, 6.07) is 6.93. The third-order valence-corrected chi connectivity index (χ3v) is 4.31. The quantitative estimate of drug-likeness (QED) is 0.734. The first-order chi connectivity index (χ1) is 11.2. The summed E-state index contributed by atoms with van der Waals surface area (Å²) in [5, 5.41) is 0.939. The maximum Gasteiger partial charge on any atom is 0.151 e. The summed E-state index contributed by atoms with van der Waals surface area (Å²) in [6.45, 7) is 1.82. The van der Waals surface area contributed by atoms with Gasteiger partial charge in [0.15, 0.2) is 11.6 Å². The Labute approximate surface area is 146 Å². The Kier molecular flexibility index (Phi) is 4.95. The van der Waals surface area contributed by atoms with Gasteiger partial charge in [-0.05, 0) is 37.5 Å². The highest BCUT2D eigenvalue weighted by Gasteiger charge is 2.18. The molecule has 1 aromatic heterocycles. The Morgan fingerprint density at radius 3 is 2.61 bits per heavy atom. The van der Waals surface area contributed by atoms with Crippen LogP contribution in [0.15, 0.2) is 30.5 Å². The Hall–Kier alpha value is -1.89. The molecule has 0 amide bonds. The van der Waals surface area contributed by atoms with Gasteiger partial charge in [-0.15, -0.1) is 6.42 Å². The average molecular weight is 346 g/mol. The van der Waals surface area contributed by atoms with E-state index in [2.05, 4.69) is 22.2 Å². The molecule has 2 heterocycles. The molecule has 23 heavy (non-hydrogen) atoms. The highest BCUT2D eigenvalue weighted by molar-refractivity contribution is 6.34. The van der Waals surface area contributed by atoms with Gasteiger partial charge in [0, 0.05) is 30.9 Å². The zero-order valence-corrected chi connectivity index (χ0v) is 13.9. The van der Waals surface area contributed by atoms with E-state index in [1.54, 1.807) is 30.5 Å². The van der Waals surface area contributed by atoms with E-state index in [0.29, 0.717) is 27.1 Å². The molecule has 1 fully saturated rings. The third-order valence-electron chi connectivity index (χ3n) is 3.66. The highest BCUT2D eigenvalue weighted by Crippen LogP contribution is 2.38. The van der Waals surface area contributed by atoms with Crippen LogP contribution in [0.2, 0.25) is 10.0 Å². The molecule has 0 spiro atoms. The summed E-state index contributed by atoms with van der Waals surface area (Å²) in [6.07, 6.45) is 11.4. The number of nitrogens with zero attached hydrogens (tertiary/aromatic N) is 2. The van der Waals surface area contributed by atoms with Crippen molar-refractivity contribution in [1.29, 1.82) is 0 Å². The standard InChI is InChI=1S/C18H15Cl2N2O/c1-2-13-6-7-15(14(19)12-13)23-16-8-9-21-18(17(16)20)22-10-4-3-5-11-22/h1,3,6-9,12H,4-5,10-11H2. The molecule has 0 aliphatic carbocycles. The third kappa shape index (κ3) is 3.55. The summed E-state index contributed by atoms with van der Waals surface area (Å²) in [7, 11) is 0. The van der Waals surface area contributed by atoms with Gasteiger partial charge >= 0.3 is 0 Å². The maximum atomic E-state index is 6.49. The van der Waals surface area contributed by atoms with E-state index in [0.717, 1.165) is 31.7 Å². The van der Waals surface area contributed by atoms with Crippen molar-refractivity contribution in [1.82, 2.24) is 4.98 Å². The molecule has 0 saturated carbocycles. The molecular weight excluding hydrogens is 331 g/mol. The number of terminal acetylenes is 1. The van der Waals surface area contributed by atoms with Crippen molar-refractivity contribution in [3.05, 3.63) is 52.5 Å². The van der Waals surface area contributed by atoms with Crippen LogP contribution in [0.4, 0.5) is 5.82 Å². The zero-order chi connectivity index (χ0) is 16.2. The molecule has 0 atom stereocenters. The lowest BCUT2D eigenvalue weighted by atomic mass is 10.1. The number of pyridine rings is 1. The van der Waals surface area contributed by atoms with Gasteiger partial charge in [-0.25, -0.2) is 4.98 Å². The van der Waals surface area contributed by atoms with E-state index in [-0.39, 0.29) is 0 Å². The number of piperidine rings is 1. The molecule has 0 N–H and O–H groups in total. The summed E-state index contributed by atoms with van der Waals surface area (Å²) in [4.78, 5) is 6.56. The van der Waals surface area contributed by atoms with Crippen LogP contribution in [0.25, 0.3) is 0 Å².